The Bertz CT molecular complexity index is 759. The van der Waals surface area contributed by atoms with Gasteiger partial charge in [-0.2, -0.15) is 0 Å². The molecule has 0 aromatic heterocycles. The number of rotatable bonds is 5. The SMILES string of the molecule is C[C@H](OC(=O)/C=C/c1cccc(Cl)c1)C(=O)Nc1ccc(Br)cc1. The quantitative estimate of drug-likeness (QED) is 0.577. The molecule has 6 heteroatoms. The second-order valence-electron chi connectivity index (χ2n) is 4.96. The molecule has 0 spiro atoms. The van der Waals surface area contributed by atoms with Gasteiger partial charge in [0.1, 0.15) is 0 Å². The van der Waals surface area contributed by atoms with Gasteiger partial charge in [-0.05, 0) is 55.0 Å². The highest BCUT2D eigenvalue weighted by Gasteiger charge is 2.16. The van der Waals surface area contributed by atoms with E-state index in [2.05, 4.69) is 21.2 Å². The first-order chi connectivity index (χ1) is 11.4. The van der Waals surface area contributed by atoms with Gasteiger partial charge in [-0.1, -0.05) is 39.7 Å². The standard InChI is InChI=1S/C18H15BrClNO3/c1-12(18(23)21-16-8-6-14(19)7-9-16)24-17(22)10-5-13-3-2-4-15(20)11-13/h2-12H,1H3,(H,21,23)/b10-5+/t12-/m0/s1. The van der Waals surface area contributed by atoms with Crippen molar-refractivity contribution in [2.45, 2.75) is 13.0 Å². The summed E-state index contributed by atoms with van der Waals surface area (Å²) in [4.78, 5) is 23.8. The summed E-state index contributed by atoms with van der Waals surface area (Å²) in [5.74, 6) is -1.00. The van der Waals surface area contributed by atoms with Crippen LogP contribution in [0.5, 0.6) is 0 Å². The van der Waals surface area contributed by atoms with Crippen molar-refractivity contribution in [2.24, 2.45) is 0 Å². The van der Waals surface area contributed by atoms with Crippen LogP contribution >= 0.6 is 27.5 Å². The average molecular weight is 409 g/mol. The van der Waals surface area contributed by atoms with Gasteiger partial charge in [0.15, 0.2) is 6.10 Å². The fourth-order valence-corrected chi connectivity index (χ4v) is 2.28. The maximum Gasteiger partial charge on any atom is 0.331 e. The van der Waals surface area contributed by atoms with E-state index < -0.39 is 18.0 Å². The van der Waals surface area contributed by atoms with Crippen LogP contribution in [0.15, 0.2) is 59.1 Å². The molecule has 0 bridgehead atoms. The van der Waals surface area contributed by atoms with Crippen LogP contribution < -0.4 is 5.32 Å². The van der Waals surface area contributed by atoms with Crippen LogP contribution in [0, 0.1) is 0 Å². The first-order valence-electron chi connectivity index (χ1n) is 7.15. The van der Waals surface area contributed by atoms with Gasteiger partial charge in [0.2, 0.25) is 0 Å². The largest absolute Gasteiger partial charge is 0.449 e. The summed E-state index contributed by atoms with van der Waals surface area (Å²) < 4.78 is 5.99. The Balaban J connectivity index is 1.88. The number of hydrogen-bond acceptors (Lipinski definition) is 3. The Morgan fingerprint density at radius 2 is 1.92 bits per heavy atom. The fourth-order valence-electron chi connectivity index (χ4n) is 1.82. The molecule has 0 saturated heterocycles. The first-order valence-corrected chi connectivity index (χ1v) is 8.32. The molecule has 1 amide bonds. The van der Waals surface area contributed by atoms with Gasteiger partial charge in [-0.3, -0.25) is 4.79 Å². The number of halogens is 2. The van der Waals surface area contributed by atoms with Crippen molar-refractivity contribution in [2.75, 3.05) is 5.32 Å². The van der Waals surface area contributed by atoms with Crippen molar-refractivity contribution in [1.29, 1.82) is 0 Å². The van der Waals surface area contributed by atoms with E-state index in [9.17, 15) is 9.59 Å². The molecule has 0 aliphatic rings. The third kappa shape index (κ3) is 5.83. The molecule has 124 valence electrons. The normalized spacial score (nSPS) is 12.0. The first kappa shape index (κ1) is 18.2. The van der Waals surface area contributed by atoms with Gasteiger partial charge in [0, 0.05) is 21.3 Å². The summed E-state index contributed by atoms with van der Waals surface area (Å²) in [7, 11) is 0. The van der Waals surface area contributed by atoms with E-state index in [0.717, 1.165) is 10.0 Å². The molecule has 24 heavy (non-hydrogen) atoms. The number of ether oxygens (including phenoxy) is 1. The average Bonchev–Trinajstić information content (AvgIpc) is 2.55. The van der Waals surface area contributed by atoms with Crippen LogP contribution in [0.4, 0.5) is 5.69 Å². The summed E-state index contributed by atoms with van der Waals surface area (Å²) in [6.45, 7) is 1.51. The maximum atomic E-state index is 12.0. The van der Waals surface area contributed by atoms with Crippen LogP contribution in [-0.4, -0.2) is 18.0 Å². The van der Waals surface area contributed by atoms with Gasteiger partial charge in [-0.25, -0.2) is 4.79 Å². The van der Waals surface area contributed by atoms with E-state index in [0.29, 0.717) is 10.7 Å². The van der Waals surface area contributed by atoms with Gasteiger partial charge >= 0.3 is 5.97 Å². The molecular formula is C18H15BrClNO3. The second kappa shape index (κ2) is 8.66. The van der Waals surface area contributed by atoms with Crippen molar-refractivity contribution < 1.29 is 14.3 Å². The monoisotopic (exact) mass is 407 g/mol. The Kier molecular flexibility index (Phi) is 6.58. The molecule has 0 heterocycles. The molecule has 2 rings (SSSR count). The third-order valence-corrected chi connectivity index (χ3v) is 3.80. The van der Waals surface area contributed by atoms with E-state index in [1.165, 1.54) is 13.0 Å². The van der Waals surface area contributed by atoms with Crippen LogP contribution in [0.3, 0.4) is 0 Å². The van der Waals surface area contributed by atoms with Crippen molar-refractivity contribution in [1.82, 2.24) is 0 Å². The zero-order valence-corrected chi connectivity index (χ0v) is 15.2. The van der Waals surface area contributed by atoms with E-state index in [1.54, 1.807) is 54.6 Å². The van der Waals surface area contributed by atoms with E-state index >= 15 is 0 Å². The molecular weight excluding hydrogens is 394 g/mol. The number of amides is 1. The van der Waals surface area contributed by atoms with Crippen molar-refractivity contribution in [3.8, 4) is 0 Å². The summed E-state index contributed by atoms with van der Waals surface area (Å²) in [6, 6.07) is 14.1. The lowest BCUT2D eigenvalue weighted by molar-refractivity contribution is -0.148. The number of carbonyl (C=O) groups is 2. The number of nitrogens with one attached hydrogen (secondary N) is 1. The highest BCUT2D eigenvalue weighted by Crippen LogP contribution is 2.15. The summed E-state index contributed by atoms with van der Waals surface area (Å²) in [5.41, 5.74) is 1.40. The van der Waals surface area contributed by atoms with Gasteiger partial charge in [0.25, 0.3) is 5.91 Å². The Morgan fingerprint density at radius 1 is 1.21 bits per heavy atom. The van der Waals surface area contributed by atoms with Gasteiger partial charge in [0.05, 0.1) is 0 Å². The number of anilines is 1. The predicted molar refractivity (Wildman–Crippen MR) is 98.8 cm³/mol. The molecule has 0 unspecified atom stereocenters. The van der Waals surface area contributed by atoms with Crippen LogP contribution in [0.1, 0.15) is 12.5 Å². The fraction of sp³-hybridized carbons (Fsp3) is 0.111. The van der Waals surface area contributed by atoms with E-state index in [4.69, 9.17) is 16.3 Å². The van der Waals surface area contributed by atoms with Gasteiger partial charge < -0.3 is 10.1 Å². The van der Waals surface area contributed by atoms with E-state index in [1.807, 2.05) is 0 Å². The van der Waals surface area contributed by atoms with Crippen molar-refractivity contribution >= 4 is 51.2 Å². The topological polar surface area (TPSA) is 55.4 Å². The number of benzene rings is 2. The number of esters is 1. The van der Waals surface area contributed by atoms with Crippen LogP contribution in [0.2, 0.25) is 5.02 Å². The van der Waals surface area contributed by atoms with Crippen molar-refractivity contribution in [3.63, 3.8) is 0 Å². The highest BCUT2D eigenvalue weighted by molar-refractivity contribution is 9.10. The molecule has 0 saturated carbocycles. The second-order valence-corrected chi connectivity index (χ2v) is 6.32. The third-order valence-electron chi connectivity index (χ3n) is 3.03. The van der Waals surface area contributed by atoms with Crippen LogP contribution in [-0.2, 0) is 14.3 Å². The lowest BCUT2D eigenvalue weighted by atomic mass is 10.2. The maximum absolute atomic E-state index is 12.0. The molecule has 2 aromatic rings. The molecule has 1 atom stereocenters. The van der Waals surface area contributed by atoms with Crippen molar-refractivity contribution in [3.05, 3.63) is 69.7 Å². The minimum absolute atomic E-state index is 0.401. The Hall–Kier alpha value is -2.11. The summed E-state index contributed by atoms with van der Waals surface area (Å²) in [6.07, 6.45) is 1.92. The number of carbonyl (C=O) groups excluding carboxylic acids is 2. The smallest absolute Gasteiger partial charge is 0.331 e. The minimum Gasteiger partial charge on any atom is -0.449 e. The highest BCUT2D eigenvalue weighted by atomic mass is 79.9. The molecule has 0 fully saturated rings. The molecule has 4 nitrogen and oxygen atoms in total. The zero-order chi connectivity index (χ0) is 17.5. The lowest BCUT2D eigenvalue weighted by Crippen LogP contribution is -2.29. The summed E-state index contributed by atoms with van der Waals surface area (Å²) in [5, 5.41) is 3.25. The molecule has 0 radical (unpaired) electrons. The Morgan fingerprint density at radius 3 is 2.58 bits per heavy atom. The zero-order valence-electron chi connectivity index (χ0n) is 12.8. The van der Waals surface area contributed by atoms with E-state index in [-0.39, 0.29) is 0 Å². The minimum atomic E-state index is -0.912. The van der Waals surface area contributed by atoms with Crippen LogP contribution in [0.25, 0.3) is 6.08 Å². The molecule has 1 N–H and O–H groups in total. The molecule has 0 aliphatic carbocycles. The Labute approximate surface area is 153 Å². The van der Waals surface area contributed by atoms with Gasteiger partial charge in [-0.15, -0.1) is 0 Å². The molecule has 2 aromatic carbocycles. The number of hydrogen-bond donors (Lipinski definition) is 1. The summed E-state index contributed by atoms with van der Waals surface area (Å²) >= 11 is 9.18. The molecule has 0 aliphatic heterocycles. The predicted octanol–water partition coefficient (Wildman–Crippen LogP) is 4.69. The lowest BCUT2D eigenvalue weighted by Gasteiger charge is -2.12.